The van der Waals surface area contributed by atoms with Gasteiger partial charge in [-0.15, -0.1) is 11.6 Å². The number of hydrogen-bond acceptors (Lipinski definition) is 2. The minimum absolute atomic E-state index is 0.0722. The molecule has 1 heterocycles. The van der Waals surface area contributed by atoms with Crippen molar-refractivity contribution in [1.29, 1.82) is 0 Å². The number of ether oxygens (including phenoxy) is 2. The van der Waals surface area contributed by atoms with Crippen LogP contribution in [0.25, 0.3) is 0 Å². The van der Waals surface area contributed by atoms with Gasteiger partial charge in [-0.05, 0) is 0 Å². The van der Waals surface area contributed by atoms with E-state index in [0.29, 0.717) is 12.5 Å². The maximum atomic E-state index is 5.67. The Hall–Kier alpha value is -0.610. The van der Waals surface area contributed by atoms with Crippen LogP contribution in [0, 0.1) is 0 Å². The summed E-state index contributed by atoms with van der Waals surface area (Å²) in [4.78, 5) is 1.55. The van der Waals surface area contributed by atoms with Crippen molar-refractivity contribution >= 4 is 11.6 Å². The van der Waals surface area contributed by atoms with Gasteiger partial charge in [0.25, 0.3) is 0 Å². The second-order valence-corrected chi connectivity index (χ2v) is 4.94. The zero-order chi connectivity index (χ0) is 12.6. The van der Waals surface area contributed by atoms with Gasteiger partial charge in [-0.3, -0.25) is 0 Å². The van der Waals surface area contributed by atoms with Crippen LogP contribution in [0.5, 0.6) is 0 Å². The summed E-state index contributed by atoms with van der Waals surface area (Å²) < 4.78 is 11.2. The minimum Gasteiger partial charge on any atom is -0.351 e. The van der Waals surface area contributed by atoms with Crippen LogP contribution in [-0.2, 0) is 16.0 Å². The Morgan fingerprint density at radius 2 is 2.11 bits per heavy atom. The normalized spacial score (nSPS) is 24.7. The number of quaternary nitrogens is 1. The smallest absolute Gasteiger partial charge is 0.163 e. The second kappa shape index (κ2) is 7.74. The highest BCUT2D eigenvalue weighted by Gasteiger charge is 2.20. The average molecular weight is 271 g/mol. The summed E-state index contributed by atoms with van der Waals surface area (Å²) in [6.07, 6.45) is 0.871. The van der Waals surface area contributed by atoms with Crippen molar-refractivity contribution in [3.05, 3.63) is 35.9 Å². The van der Waals surface area contributed by atoms with Crippen molar-refractivity contribution in [1.82, 2.24) is 0 Å². The van der Waals surface area contributed by atoms with E-state index in [0.717, 1.165) is 32.7 Å². The molecule has 2 unspecified atom stereocenters. The van der Waals surface area contributed by atoms with Crippen LogP contribution < -0.4 is 4.90 Å². The Labute approximate surface area is 114 Å². The van der Waals surface area contributed by atoms with Crippen LogP contribution in [0.3, 0.4) is 0 Å². The Morgan fingerprint density at radius 3 is 2.89 bits per heavy atom. The lowest BCUT2D eigenvalue weighted by molar-refractivity contribution is -0.912. The number of hydrogen-bond donors (Lipinski definition) is 1. The molecule has 1 fully saturated rings. The zero-order valence-electron chi connectivity index (χ0n) is 10.6. The molecular weight excluding hydrogens is 250 g/mol. The first kappa shape index (κ1) is 13.8. The highest BCUT2D eigenvalue weighted by molar-refractivity contribution is 6.17. The van der Waals surface area contributed by atoms with Crippen LogP contribution in [0.4, 0.5) is 0 Å². The summed E-state index contributed by atoms with van der Waals surface area (Å²) >= 11 is 5.61. The average Bonchev–Trinajstić information content (AvgIpc) is 2.63. The van der Waals surface area contributed by atoms with Crippen molar-refractivity contribution in [2.24, 2.45) is 0 Å². The summed E-state index contributed by atoms with van der Waals surface area (Å²) in [5, 5.41) is 0. The molecule has 0 spiro atoms. The molecular formula is C14H21ClNO2+. The molecule has 4 heteroatoms. The van der Waals surface area contributed by atoms with E-state index in [1.165, 1.54) is 5.56 Å². The lowest BCUT2D eigenvalue weighted by atomic mass is 10.2. The first-order valence-electron chi connectivity index (χ1n) is 6.55. The predicted octanol–water partition coefficient (Wildman–Crippen LogP) is 1.07. The fourth-order valence-electron chi connectivity index (χ4n) is 2.23. The molecule has 2 atom stereocenters. The zero-order valence-corrected chi connectivity index (χ0v) is 11.4. The molecule has 0 aliphatic carbocycles. The van der Waals surface area contributed by atoms with E-state index >= 15 is 0 Å². The van der Waals surface area contributed by atoms with Crippen molar-refractivity contribution in [3.63, 3.8) is 0 Å². The number of halogens is 1. The van der Waals surface area contributed by atoms with Gasteiger partial charge < -0.3 is 14.4 Å². The molecule has 1 N–H and O–H groups in total. The SMILES string of the molecule is ClCCOC1CC[NH+](Cc2ccccc2)CCO1. The second-order valence-electron chi connectivity index (χ2n) is 4.56. The standard InChI is InChI=1S/C14H20ClNO2/c15-7-10-17-14-6-8-16(9-11-18-14)12-13-4-2-1-3-5-13/h1-5,14H,6-12H2/p+1. The Morgan fingerprint density at radius 1 is 1.28 bits per heavy atom. The van der Waals surface area contributed by atoms with Gasteiger partial charge in [0.2, 0.25) is 0 Å². The topological polar surface area (TPSA) is 22.9 Å². The van der Waals surface area contributed by atoms with Crippen LogP contribution in [-0.4, -0.2) is 38.5 Å². The fourth-order valence-corrected chi connectivity index (χ4v) is 2.32. The van der Waals surface area contributed by atoms with Gasteiger partial charge in [-0.25, -0.2) is 0 Å². The predicted molar refractivity (Wildman–Crippen MR) is 71.9 cm³/mol. The first-order chi connectivity index (χ1) is 8.88. The maximum absolute atomic E-state index is 5.67. The minimum atomic E-state index is -0.0722. The van der Waals surface area contributed by atoms with Gasteiger partial charge in [-0.1, -0.05) is 30.3 Å². The molecule has 2 rings (SSSR count). The summed E-state index contributed by atoms with van der Waals surface area (Å²) in [5.41, 5.74) is 1.38. The molecule has 18 heavy (non-hydrogen) atoms. The number of benzene rings is 1. The monoisotopic (exact) mass is 270 g/mol. The van der Waals surface area contributed by atoms with E-state index in [1.54, 1.807) is 4.90 Å². The Balaban J connectivity index is 1.78. The van der Waals surface area contributed by atoms with Gasteiger partial charge in [0, 0.05) is 17.9 Å². The van der Waals surface area contributed by atoms with Crippen LogP contribution >= 0.6 is 11.6 Å². The molecule has 1 aromatic rings. The third-order valence-corrected chi connectivity index (χ3v) is 3.33. The third-order valence-electron chi connectivity index (χ3n) is 3.17. The molecule has 1 aromatic carbocycles. The van der Waals surface area contributed by atoms with E-state index in [9.17, 15) is 0 Å². The molecule has 0 bridgehead atoms. The maximum Gasteiger partial charge on any atom is 0.163 e. The number of alkyl halides is 1. The van der Waals surface area contributed by atoms with Gasteiger partial charge in [0.15, 0.2) is 6.29 Å². The quantitative estimate of drug-likeness (QED) is 0.809. The Kier molecular flexibility index (Phi) is 5.94. The molecule has 100 valence electrons. The molecule has 0 aromatic heterocycles. The van der Waals surface area contributed by atoms with Crippen LogP contribution in [0.15, 0.2) is 30.3 Å². The molecule has 1 aliphatic heterocycles. The lowest BCUT2D eigenvalue weighted by Crippen LogP contribution is -3.11. The third kappa shape index (κ3) is 4.58. The van der Waals surface area contributed by atoms with Gasteiger partial charge >= 0.3 is 0 Å². The molecule has 3 nitrogen and oxygen atoms in total. The molecule has 0 radical (unpaired) electrons. The first-order valence-corrected chi connectivity index (χ1v) is 7.08. The summed E-state index contributed by atoms with van der Waals surface area (Å²) in [7, 11) is 0. The largest absolute Gasteiger partial charge is 0.351 e. The van der Waals surface area contributed by atoms with E-state index < -0.39 is 0 Å². The number of nitrogens with one attached hydrogen (secondary N) is 1. The van der Waals surface area contributed by atoms with Crippen molar-refractivity contribution in [2.45, 2.75) is 19.3 Å². The van der Waals surface area contributed by atoms with Gasteiger partial charge in [0.1, 0.15) is 13.1 Å². The lowest BCUT2D eigenvalue weighted by Gasteiger charge is -2.16. The molecule has 0 amide bonds. The van der Waals surface area contributed by atoms with E-state index in [-0.39, 0.29) is 6.29 Å². The van der Waals surface area contributed by atoms with E-state index in [2.05, 4.69) is 30.3 Å². The van der Waals surface area contributed by atoms with Crippen LogP contribution in [0.2, 0.25) is 0 Å². The van der Waals surface area contributed by atoms with Crippen molar-refractivity contribution in [2.75, 3.05) is 32.2 Å². The Bertz CT molecular complexity index is 334. The van der Waals surface area contributed by atoms with E-state index in [4.69, 9.17) is 21.1 Å². The highest BCUT2D eigenvalue weighted by Crippen LogP contribution is 2.02. The van der Waals surface area contributed by atoms with Crippen molar-refractivity contribution in [3.8, 4) is 0 Å². The van der Waals surface area contributed by atoms with Crippen LogP contribution in [0.1, 0.15) is 12.0 Å². The van der Waals surface area contributed by atoms with E-state index in [1.807, 2.05) is 0 Å². The van der Waals surface area contributed by atoms with Gasteiger partial charge in [-0.2, -0.15) is 0 Å². The molecule has 0 saturated carbocycles. The molecule has 1 aliphatic rings. The summed E-state index contributed by atoms with van der Waals surface area (Å²) in [6.45, 7) is 4.51. The summed E-state index contributed by atoms with van der Waals surface area (Å²) in [6, 6.07) is 10.6. The highest BCUT2D eigenvalue weighted by atomic mass is 35.5. The summed E-state index contributed by atoms with van der Waals surface area (Å²) in [5.74, 6) is 0.528. The van der Waals surface area contributed by atoms with Gasteiger partial charge in [0.05, 0.1) is 19.8 Å². The number of rotatable bonds is 5. The molecule has 1 saturated heterocycles. The fraction of sp³-hybridized carbons (Fsp3) is 0.571. The van der Waals surface area contributed by atoms with Crippen molar-refractivity contribution < 1.29 is 14.4 Å².